The molecule has 0 atom stereocenters. The number of carbonyl (C=O) groups excluding carboxylic acids is 1. The highest BCUT2D eigenvalue weighted by Crippen LogP contribution is 2.40. The number of furan rings is 1. The predicted octanol–water partition coefficient (Wildman–Crippen LogP) is 3.60. The van der Waals surface area contributed by atoms with E-state index >= 15 is 0 Å². The topological polar surface area (TPSA) is 108 Å². The monoisotopic (exact) mass is 504 g/mol. The predicted molar refractivity (Wildman–Crippen MR) is 119 cm³/mol. The van der Waals surface area contributed by atoms with Gasteiger partial charge in [-0.25, -0.2) is 13.4 Å². The SMILES string of the molecule is CS(=O)(=O)c1cc(C#N)c(N2CCN(C(=O)c3ccco3)CC2)nc1-c1ccccc1C(F)(F)F. The van der Waals surface area contributed by atoms with Crippen molar-refractivity contribution in [2.75, 3.05) is 37.3 Å². The molecule has 0 saturated carbocycles. The van der Waals surface area contributed by atoms with Gasteiger partial charge in [-0.3, -0.25) is 4.79 Å². The molecule has 0 bridgehead atoms. The fourth-order valence-electron chi connectivity index (χ4n) is 3.90. The second-order valence-corrected chi connectivity index (χ2v) is 9.87. The van der Waals surface area contributed by atoms with Crippen LogP contribution in [-0.2, 0) is 16.0 Å². The summed E-state index contributed by atoms with van der Waals surface area (Å²) in [5, 5.41) is 9.68. The maximum absolute atomic E-state index is 13.7. The number of benzene rings is 1. The van der Waals surface area contributed by atoms with E-state index in [1.807, 2.05) is 6.07 Å². The highest BCUT2D eigenvalue weighted by molar-refractivity contribution is 7.90. The van der Waals surface area contributed by atoms with Crippen LogP contribution in [0.15, 0.2) is 58.0 Å². The molecule has 3 heterocycles. The summed E-state index contributed by atoms with van der Waals surface area (Å²) in [5.74, 6) is -0.0786. The van der Waals surface area contributed by atoms with E-state index in [4.69, 9.17) is 4.42 Å². The zero-order valence-corrected chi connectivity index (χ0v) is 19.2. The number of rotatable bonds is 4. The third-order valence-electron chi connectivity index (χ3n) is 5.57. The number of carbonyl (C=O) groups is 1. The maximum Gasteiger partial charge on any atom is 0.417 e. The van der Waals surface area contributed by atoms with Crippen molar-refractivity contribution in [1.29, 1.82) is 5.26 Å². The Morgan fingerprint density at radius 3 is 2.37 bits per heavy atom. The van der Waals surface area contributed by atoms with Crippen LogP contribution >= 0.6 is 0 Å². The van der Waals surface area contributed by atoms with Gasteiger partial charge >= 0.3 is 6.18 Å². The third kappa shape index (κ3) is 4.85. The number of alkyl halides is 3. The Morgan fingerprint density at radius 1 is 1.11 bits per heavy atom. The Labute approximate surface area is 199 Å². The van der Waals surface area contributed by atoms with Crippen LogP contribution in [0.3, 0.4) is 0 Å². The minimum atomic E-state index is -4.75. The molecule has 1 aliphatic heterocycles. The van der Waals surface area contributed by atoms with Crippen molar-refractivity contribution in [2.45, 2.75) is 11.1 Å². The number of nitriles is 1. The lowest BCUT2D eigenvalue weighted by Crippen LogP contribution is -2.49. The molecule has 0 unspecified atom stereocenters. The Bertz CT molecular complexity index is 1410. The molecule has 0 N–H and O–H groups in total. The van der Waals surface area contributed by atoms with Crippen molar-refractivity contribution in [3.8, 4) is 17.3 Å². The summed E-state index contributed by atoms with van der Waals surface area (Å²) in [6, 6.07) is 10.6. The lowest BCUT2D eigenvalue weighted by Gasteiger charge is -2.35. The average molecular weight is 504 g/mol. The molecule has 1 fully saturated rings. The van der Waals surface area contributed by atoms with Gasteiger partial charge in [-0.1, -0.05) is 18.2 Å². The average Bonchev–Trinajstić information content (AvgIpc) is 3.37. The van der Waals surface area contributed by atoms with Gasteiger partial charge in [0.1, 0.15) is 11.9 Å². The molecule has 0 aliphatic carbocycles. The van der Waals surface area contributed by atoms with E-state index in [0.717, 1.165) is 24.5 Å². The summed E-state index contributed by atoms with van der Waals surface area (Å²) in [7, 11) is -4.03. The number of hydrogen-bond donors (Lipinski definition) is 0. The first-order valence-electron chi connectivity index (χ1n) is 10.4. The zero-order chi connectivity index (χ0) is 25.4. The van der Waals surface area contributed by atoms with Crippen molar-refractivity contribution in [3.63, 3.8) is 0 Å². The summed E-state index contributed by atoms with van der Waals surface area (Å²) >= 11 is 0. The second-order valence-electron chi connectivity index (χ2n) is 7.89. The van der Waals surface area contributed by atoms with Crippen molar-refractivity contribution in [3.05, 3.63) is 65.6 Å². The van der Waals surface area contributed by atoms with E-state index in [9.17, 15) is 31.6 Å². The molecule has 1 aliphatic rings. The lowest BCUT2D eigenvalue weighted by molar-refractivity contribution is -0.137. The van der Waals surface area contributed by atoms with Crippen LogP contribution in [0, 0.1) is 11.3 Å². The molecule has 12 heteroatoms. The fourth-order valence-corrected chi connectivity index (χ4v) is 4.74. The number of anilines is 1. The van der Waals surface area contributed by atoms with Crippen molar-refractivity contribution in [1.82, 2.24) is 9.88 Å². The Morgan fingerprint density at radius 2 is 1.80 bits per heavy atom. The molecule has 0 spiro atoms. The number of piperazine rings is 1. The molecule has 8 nitrogen and oxygen atoms in total. The van der Waals surface area contributed by atoms with E-state index in [0.29, 0.717) is 0 Å². The standard InChI is InChI=1S/C23H19F3N4O4S/c1-35(32,33)19-13-15(14-27)21(28-20(19)16-5-2-3-6-17(16)23(24,25)26)29-8-10-30(11-9-29)22(31)18-7-4-12-34-18/h2-7,12-13H,8-11H2,1H3. The van der Waals surface area contributed by atoms with E-state index in [1.54, 1.807) is 21.9 Å². The Hall–Kier alpha value is -3.85. The minimum absolute atomic E-state index is 0.0528. The molecule has 1 saturated heterocycles. The summed E-state index contributed by atoms with van der Waals surface area (Å²) in [4.78, 5) is 19.6. The normalized spacial score (nSPS) is 14.6. The Balaban J connectivity index is 1.76. The molecule has 3 aromatic rings. The van der Waals surface area contributed by atoms with Gasteiger partial charge in [-0.15, -0.1) is 0 Å². The van der Waals surface area contributed by atoms with Gasteiger partial charge in [0.05, 0.1) is 28.0 Å². The number of halogens is 3. The third-order valence-corrected chi connectivity index (χ3v) is 6.68. The number of sulfone groups is 1. The van der Waals surface area contributed by atoms with Crippen molar-refractivity contribution < 1.29 is 30.8 Å². The molecule has 1 amide bonds. The maximum atomic E-state index is 13.7. The molecule has 4 rings (SSSR count). The molecule has 35 heavy (non-hydrogen) atoms. The number of hydrogen-bond acceptors (Lipinski definition) is 7. The van der Waals surface area contributed by atoms with Crippen LogP contribution in [0.2, 0.25) is 0 Å². The van der Waals surface area contributed by atoms with Crippen LogP contribution in [0.5, 0.6) is 0 Å². The number of aromatic nitrogens is 1. The van der Waals surface area contributed by atoms with Crippen LogP contribution in [0.25, 0.3) is 11.3 Å². The van der Waals surface area contributed by atoms with Crippen LogP contribution in [0.1, 0.15) is 21.7 Å². The Kier molecular flexibility index (Phi) is 6.29. The first-order valence-corrected chi connectivity index (χ1v) is 12.3. The van der Waals surface area contributed by atoms with Gasteiger partial charge < -0.3 is 14.2 Å². The molecular weight excluding hydrogens is 485 g/mol. The van der Waals surface area contributed by atoms with Gasteiger partial charge in [0.25, 0.3) is 5.91 Å². The largest absolute Gasteiger partial charge is 0.459 e. The van der Waals surface area contributed by atoms with Gasteiger partial charge in [0, 0.05) is 38.0 Å². The lowest BCUT2D eigenvalue weighted by atomic mass is 10.0. The van der Waals surface area contributed by atoms with Gasteiger partial charge in [-0.05, 0) is 24.3 Å². The quantitative estimate of drug-likeness (QED) is 0.534. The summed E-state index contributed by atoms with van der Waals surface area (Å²) < 4.78 is 71.2. The van der Waals surface area contributed by atoms with Crippen molar-refractivity contribution >= 4 is 21.6 Å². The van der Waals surface area contributed by atoms with Gasteiger partial charge in [0.15, 0.2) is 15.6 Å². The molecule has 2 aromatic heterocycles. The zero-order valence-electron chi connectivity index (χ0n) is 18.4. The first-order chi connectivity index (χ1) is 16.5. The highest BCUT2D eigenvalue weighted by Gasteiger charge is 2.36. The van der Waals surface area contributed by atoms with E-state index in [1.165, 1.54) is 18.4 Å². The number of amides is 1. The smallest absolute Gasteiger partial charge is 0.417 e. The molecule has 182 valence electrons. The van der Waals surface area contributed by atoms with E-state index in [2.05, 4.69) is 4.98 Å². The highest BCUT2D eigenvalue weighted by atomic mass is 32.2. The van der Waals surface area contributed by atoms with Crippen LogP contribution in [-0.4, -0.2) is 56.6 Å². The van der Waals surface area contributed by atoms with Crippen molar-refractivity contribution in [2.24, 2.45) is 0 Å². The number of nitrogens with zero attached hydrogens (tertiary/aromatic N) is 4. The van der Waals surface area contributed by atoms with Gasteiger partial charge in [0.2, 0.25) is 0 Å². The second kappa shape index (κ2) is 9.07. The van der Waals surface area contributed by atoms with E-state index in [-0.39, 0.29) is 54.9 Å². The molecular formula is C23H19F3N4O4S. The van der Waals surface area contributed by atoms with Crippen LogP contribution in [0.4, 0.5) is 19.0 Å². The van der Waals surface area contributed by atoms with E-state index < -0.39 is 32.0 Å². The molecule has 1 aromatic carbocycles. The van der Waals surface area contributed by atoms with Crippen LogP contribution < -0.4 is 4.90 Å². The molecule has 0 radical (unpaired) electrons. The van der Waals surface area contributed by atoms with Gasteiger partial charge in [-0.2, -0.15) is 18.4 Å². The fraction of sp³-hybridized carbons (Fsp3) is 0.261. The summed E-state index contributed by atoms with van der Waals surface area (Å²) in [6.07, 6.45) is -2.52. The first kappa shape index (κ1) is 24.3. The summed E-state index contributed by atoms with van der Waals surface area (Å²) in [5.41, 5.74) is -1.92. The number of pyridine rings is 1. The summed E-state index contributed by atoms with van der Waals surface area (Å²) in [6.45, 7) is 0.947. The minimum Gasteiger partial charge on any atom is -0.459 e.